The largest absolute Gasteiger partial charge is 0.416 e. The summed E-state index contributed by atoms with van der Waals surface area (Å²) < 4.78 is 42.5. The van der Waals surface area contributed by atoms with Crippen molar-refractivity contribution in [2.24, 2.45) is 0 Å². The molecule has 3 aromatic carbocycles. The van der Waals surface area contributed by atoms with Crippen LogP contribution in [0.15, 0.2) is 97.8 Å². The van der Waals surface area contributed by atoms with E-state index in [2.05, 4.69) is 17.0 Å². The lowest BCUT2D eigenvalue weighted by atomic mass is 10.1. The molecular weight excluding hydrogens is 455 g/mol. The maximum atomic E-state index is 13.0. The minimum absolute atomic E-state index is 0.371. The number of rotatable bonds is 5. The number of hydrogen-bond acceptors (Lipinski definition) is 3. The Labute approximate surface area is 197 Å². The number of carbonyl (C=O) groups is 1. The van der Waals surface area contributed by atoms with Gasteiger partial charge in [0.05, 0.1) is 22.5 Å². The number of benzene rings is 3. The molecule has 174 valence electrons. The van der Waals surface area contributed by atoms with E-state index in [1.165, 1.54) is 18.2 Å². The van der Waals surface area contributed by atoms with E-state index in [1.807, 2.05) is 30.3 Å². The van der Waals surface area contributed by atoms with Crippen molar-refractivity contribution in [1.82, 2.24) is 19.6 Å². The summed E-state index contributed by atoms with van der Waals surface area (Å²) in [7, 11) is 0. The van der Waals surface area contributed by atoms with Crippen molar-refractivity contribution >= 4 is 22.5 Å². The third kappa shape index (κ3) is 4.31. The van der Waals surface area contributed by atoms with Crippen molar-refractivity contribution in [1.29, 1.82) is 0 Å². The number of fused-ring (bicyclic) bond motifs is 1. The molecule has 35 heavy (non-hydrogen) atoms. The van der Waals surface area contributed by atoms with E-state index in [-0.39, 0.29) is 5.91 Å². The lowest BCUT2D eigenvalue weighted by Gasteiger charge is -2.11. The maximum Gasteiger partial charge on any atom is 0.416 e. The van der Waals surface area contributed by atoms with E-state index in [9.17, 15) is 18.0 Å². The zero-order chi connectivity index (χ0) is 24.6. The number of hydrogen-bond donors (Lipinski definition) is 1. The Bertz CT molecular complexity index is 1530. The van der Waals surface area contributed by atoms with E-state index in [1.54, 1.807) is 40.0 Å². The van der Waals surface area contributed by atoms with Crippen molar-refractivity contribution in [3.63, 3.8) is 0 Å². The van der Waals surface area contributed by atoms with Crippen LogP contribution in [0.3, 0.4) is 0 Å². The summed E-state index contributed by atoms with van der Waals surface area (Å²) in [6.07, 6.45) is 0.166. The van der Waals surface area contributed by atoms with Crippen LogP contribution in [0.5, 0.6) is 0 Å². The molecule has 9 heteroatoms. The molecule has 0 spiro atoms. The highest BCUT2D eigenvalue weighted by atomic mass is 19.4. The van der Waals surface area contributed by atoms with Gasteiger partial charge in [-0.1, -0.05) is 36.9 Å². The summed E-state index contributed by atoms with van der Waals surface area (Å²) in [5, 5.41) is 12.6. The highest BCUT2D eigenvalue weighted by Gasteiger charge is 2.30. The number of nitrogens with zero attached hydrogens (tertiary/aromatic N) is 4. The quantitative estimate of drug-likeness (QED) is 0.318. The molecular formula is C26H18F3N5O. The maximum absolute atomic E-state index is 13.0. The van der Waals surface area contributed by atoms with Crippen LogP contribution in [0.25, 0.3) is 33.5 Å². The fourth-order valence-electron chi connectivity index (χ4n) is 3.83. The zero-order valence-corrected chi connectivity index (χ0v) is 18.2. The lowest BCUT2D eigenvalue weighted by Crippen LogP contribution is -2.09. The fourth-order valence-corrected chi connectivity index (χ4v) is 3.83. The standard InChI is InChI=1S/C26H18F3N5O/c1-2-24(35)31-19-14-20(33-13-5-12-30-33)16-21(15-19)34-23-7-4-3-6-22(23)25(32-34)17-8-10-18(11-9-17)26(27,28)29/h2-16H,1H2,(H,31,35). The van der Waals surface area contributed by atoms with Crippen LogP contribution in [-0.2, 0) is 11.0 Å². The van der Waals surface area contributed by atoms with Gasteiger partial charge in [-0.2, -0.15) is 23.4 Å². The van der Waals surface area contributed by atoms with Crippen LogP contribution in [0.4, 0.5) is 18.9 Å². The highest BCUT2D eigenvalue weighted by molar-refractivity contribution is 5.99. The Morgan fingerprint density at radius 1 is 0.971 bits per heavy atom. The summed E-state index contributed by atoms with van der Waals surface area (Å²) >= 11 is 0. The van der Waals surface area contributed by atoms with Crippen LogP contribution in [0.2, 0.25) is 0 Å². The Kier molecular flexibility index (Phi) is 5.44. The molecule has 0 aliphatic heterocycles. The second-order valence-electron chi connectivity index (χ2n) is 7.73. The first-order valence-electron chi connectivity index (χ1n) is 10.6. The Morgan fingerprint density at radius 2 is 1.71 bits per heavy atom. The normalized spacial score (nSPS) is 11.5. The van der Waals surface area contributed by atoms with Crippen LogP contribution in [-0.4, -0.2) is 25.5 Å². The van der Waals surface area contributed by atoms with Gasteiger partial charge in [0, 0.05) is 29.0 Å². The van der Waals surface area contributed by atoms with Gasteiger partial charge in [-0.05, 0) is 48.5 Å². The smallest absolute Gasteiger partial charge is 0.322 e. The monoisotopic (exact) mass is 473 g/mol. The molecule has 5 rings (SSSR count). The second-order valence-corrected chi connectivity index (χ2v) is 7.73. The number of aromatic nitrogens is 4. The van der Waals surface area contributed by atoms with E-state index in [0.717, 1.165) is 23.0 Å². The van der Waals surface area contributed by atoms with Crippen molar-refractivity contribution in [2.45, 2.75) is 6.18 Å². The molecule has 6 nitrogen and oxygen atoms in total. The summed E-state index contributed by atoms with van der Waals surface area (Å²) in [6.45, 7) is 3.49. The molecule has 0 aliphatic rings. The Morgan fingerprint density at radius 3 is 2.40 bits per heavy atom. The van der Waals surface area contributed by atoms with Crippen molar-refractivity contribution in [3.8, 4) is 22.6 Å². The average molecular weight is 473 g/mol. The molecule has 1 N–H and O–H groups in total. The molecule has 0 aliphatic carbocycles. The first-order valence-corrected chi connectivity index (χ1v) is 10.6. The van der Waals surface area contributed by atoms with E-state index < -0.39 is 11.7 Å². The topological polar surface area (TPSA) is 64.7 Å². The number of halogens is 3. The number of para-hydroxylation sites is 1. The minimum Gasteiger partial charge on any atom is -0.322 e. The number of carbonyl (C=O) groups excluding carboxylic acids is 1. The van der Waals surface area contributed by atoms with Crippen LogP contribution < -0.4 is 5.32 Å². The number of anilines is 1. The summed E-state index contributed by atoms with van der Waals surface area (Å²) in [5.41, 5.74) is 2.94. The molecule has 0 bridgehead atoms. The molecule has 1 amide bonds. The first-order chi connectivity index (χ1) is 16.8. The number of nitrogens with one attached hydrogen (secondary N) is 1. The van der Waals surface area contributed by atoms with Gasteiger partial charge in [0.2, 0.25) is 5.91 Å². The van der Waals surface area contributed by atoms with Gasteiger partial charge in [0.25, 0.3) is 0 Å². The molecule has 2 aromatic heterocycles. The van der Waals surface area contributed by atoms with Gasteiger partial charge in [-0.15, -0.1) is 0 Å². The van der Waals surface area contributed by atoms with E-state index in [0.29, 0.717) is 28.3 Å². The minimum atomic E-state index is -4.42. The third-order valence-corrected chi connectivity index (χ3v) is 5.44. The number of amides is 1. The van der Waals surface area contributed by atoms with Crippen molar-refractivity contribution in [2.75, 3.05) is 5.32 Å². The van der Waals surface area contributed by atoms with Gasteiger partial charge in [-0.3, -0.25) is 4.79 Å². The Hall–Kier alpha value is -4.66. The molecule has 0 fully saturated rings. The summed E-state index contributed by atoms with van der Waals surface area (Å²) in [6, 6.07) is 19.5. The lowest BCUT2D eigenvalue weighted by molar-refractivity contribution is -0.137. The SMILES string of the molecule is C=CC(=O)Nc1cc(-n2cccn2)cc(-n2nc(-c3ccc(C(F)(F)F)cc3)c3ccccc32)c1. The van der Waals surface area contributed by atoms with Gasteiger partial charge >= 0.3 is 6.18 Å². The van der Waals surface area contributed by atoms with Crippen molar-refractivity contribution < 1.29 is 18.0 Å². The average Bonchev–Trinajstić information content (AvgIpc) is 3.52. The van der Waals surface area contributed by atoms with Gasteiger partial charge in [0.15, 0.2) is 0 Å². The fraction of sp³-hybridized carbons (Fsp3) is 0.0385. The van der Waals surface area contributed by atoms with Gasteiger partial charge in [-0.25, -0.2) is 9.36 Å². The zero-order valence-electron chi connectivity index (χ0n) is 18.2. The Balaban J connectivity index is 1.68. The number of alkyl halides is 3. The summed E-state index contributed by atoms with van der Waals surface area (Å²) in [4.78, 5) is 12.0. The van der Waals surface area contributed by atoms with Crippen LogP contribution >= 0.6 is 0 Å². The van der Waals surface area contributed by atoms with Gasteiger partial charge < -0.3 is 5.32 Å². The van der Waals surface area contributed by atoms with Gasteiger partial charge in [0.1, 0.15) is 5.69 Å². The second kappa shape index (κ2) is 8.60. The van der Waals surface area contributed by atoms with Crippen LogP contribution in [0.1, 0.15) is 5.56 Å². The summed E-state index contributed by atoms with van der Waals surface area (Å²) in [5.74, 6) is -0.371. The predicted octanol–water partition coefficient (Wildman–Crippen LogP) is 6.02. The third-order valence-electron chi connectivity index (χ3n) is 5.44. The van der Waals surface area contributed by atoms with Crippen LogP contribution in [0, 0.1) is 0 Å². The highest BCUT2D eigenvalue weighted by Crippen LogP contribution is 2.34. The first kappa shape index (κ1) is 22.1. The molecule has 2 heterocycles. The van der Waals surface area contributed by atoms with E-state index in [4.69, 9.17) is 5.10 Å². The molecule has 5 aromatic rings. The molecule has 0 saturated carbocycles. The molecule has 0 saturated heterocycles. The molecule has 0 atom stereocenters. The van der Waals surface area contributed by atoms with Crippen molar-refractivity contribution in [3.05, 3.63) is 103 Å². The predicted molar refractivity (Wildman–Crippen MR) is 127 cm³/mol. The van der Waals surface area contributed by atoms with E-state index >= 15 is 0 Å². The molecule has 0 unspecified atom stereocenters. The molecule has 0 radical (unpaired) electrons.